The van der Waals surface area contributed by atoms with Crippen molar-refractivity contribution in [2.24, 2.45) is 0 Å². The van der Waals surface area contributed by atoms with Gasteiger partial charge in [0.1, 0.15) is 5.58 Å². The first kappa shape index (κ1) is 20.7. The van der Waals surface area contributed by atoms with Crippen molar-refractivity contribution in [3.05, 3.63) is 127 Å². The van der Waals surface area contributed by atoms with Gasteiger partial charge in [0.15, 0.2) is 5.58 Å². The summed E-state index contributed by atoms with van der Waals surface area (Å²) in [5.41, 5.74) is 15.7. The maximum Gasteiger partial charge on any atom is 0.333 e. The largest absolute Gasteiger partial charge is 0.454 e. The predicted octanol–water partition coefficient (Wildman–Crippen LogP) is 8.27. The molecule has 6 aromatic carbocycles. The highest BCUT2D eigenvalue weighted by Gasteiger charge is 2.48. The van der Waals surface area contributed by atoms with Crippen LogP contribution in [0.4, 0.5) is 28.4 Å². The van der Waals surface area contributed by atoms with Crippen LogP contribution in [0.1, 0.15) is 0 Å². The summed E-state index contributed by atoms with van der Waals surface area (Å²) < 4.78 is 6.59. The molecule has 10 rings (SSSR count). The van der Waals surface area contributed by atoms with Gasteiger partial charge in [0.05, 0.1) is 5.69 Å². The predicted molar refractivity (Wildman–Crippen MR) is 166 cm³/mol. The van der Waals surface area contributed by atoms with E-state index < -0.39 is 0 Å². The Morgan fingerprint density at radius 1 is 0.425 bits per heavy atom. The van der Waals surface area contributed by atoms with Crippen molar-refractivity contribution in [1.29, 1.82) is 0 Å². The molecule has 3 aliphatic rings. The Labute approximate surface area is 231 Å². The van der Waals surface area contributed by atoms with Gasteiger partial charge in [-0.1, -0.05) is 91.0 Å². The molecule has 4 heterocycles. The molecule has 0 saturated heterocycles. The lowest BCUT2D eigenvalue weighted by Crippen LogP contribution is -2.63. The Balaban J connectivity index is 1.38. The van der Waals surface area contributed by atoms with Crippen LogP contribution < -0.4 is 20.6 Å². The number of fused-ring (bicyclic) bond motifs is 9. The number of hydrogen-bond acceptors (Lipinski definition) is 3. The number of para-hydroxylation sites is 4. The SMILES string of the molecule is c1ccc2c(c1)-c1cccc3c1B1c4c(cccc4N3c3cccc4c3oc3ccccc34)-c3ccccc3N12. The van der Waals surface area contributed by atoms with Gasteiger partial charge in [0.2, 0.25) is 0 Å². The molecule has 0 bridgehead atoms. The van der Waals surface area contributed by atoms with E-state index in [9.17, 15) is 0 Å². The molecular weight excluding hydrogens is 487 g/mol. The van der Waals surface area contributed by atoms with E-state index in [4.69, 9.17) is 4.42 Å². The van der Waals surface area contributed by atoms with E-state index in [1.165, 1.54) is 55.9 Å². The van der Waals surface area contributed by atoms with Crippen molar-refractivity contribution in [2.75, 3.05) is 9.71 Å². The summed E-state index contributed by atoms with van der Waals surface area (Å²) in [4.78, 5) is 5.01. The first-order chi connectivity index (χ1) is 19.9. The summed E-state index contributed by atoms with van der Waals surface area (Å²) >= 11 is 0. The molecular formula is C36H21BN2O. The van der Waals surface area contributed by atoms with Gasteiger partial charge in [-0.25, -0.2) is 0 Å². The van der Waals surface area contributed by atoms with Crippen LogP contribution >= 0.6 is 0 Å². The molecule has 1 aromatic heterocycles. The van der Waals surface area contributed by atoms with E-state index in [0.717, 1.165) is 27.6 Å². The highest BCUT2D eigenvalue weighted by atomic mass is 16.3. The number of furan rings is 1. The van der Waals surface area contributed by atoms with Crippen LogP contribution in [0.2, 0.25) is 0 Å². The lowest BCUT2D eigenvalue weighted by Gasteiger charge is -2.48. The summed E-state index contributed by atoms with van der Waals surface area (Å²) in [5, 5.41) is 2.29. The van der Waals surface area contributed by atoms with Gasteiger partial charge < -0.3 is 14.1 Å². The van der Waals surface area contributed by atoms with E-state index >= 15 is 0 Å². The van der Waals surface area contributed by atoms with Crippen molar-refractivity contribution in [2.45, 2.75) is 0 Å². The first-order valence-corrected chi connectivity index (χ1v) is 13.8. The lowest BCUT2D eigenvalue weighted by molar-refractivity contribution is 0.669. The van der Waals surface area contributed by atoms with Crippen LogP contribution in [0.15, 0.2) is 132 Å². The van der Waals surface area contributed by atoms with Crippen molar-refractivity contribution in [1.82, 2.24) is 0 Å². The molecule has 0 atom stereocenters. The number of rotatable bonds is 1. The minimum atomic E-state index is 0.0910. The van der Waals surface area contributed by atoms with Crippen LogP contribution in [0.5, 0.6) is 0 Å². The zero-order valence-electron chi connectivity index (χ0n) is 21.5. The zero-order chi connectivity index (χ0) is 25.9. The standard InChI is InChI=1S/C36H21BN2O/c1-4-16-28-22(10-1)25-13-7-18-30-34(25)37-35-26(23-11-2-5-17-29(23)39(28)37)14-8-19-31(35)38(30)32-20-9-15-27-24-12-3-6-21-33(24)40-36(27)32/h1-21H. The van der Waals surface area contributed by atoms with E-state index in [1.54, 1.807) is 0 Å². The summed E-state index contributed by atoms with van der Waals surface area (Å²) in [5.74, 6) is 0. The quantitative estimate of drug-likeness (QED) is 0.208. The maximum absolute atomic E-state index is 6.59. The van der Waals surface area contributed by atoms with Crippen molar-refractivity contribution in [3.63, 3.8) is 0 Å². The van der Waals surface area contributed by atoms with E-state index in [0.29, 0.717) is 0 Å². The third kappa shape index (κ3) is 2.39. The van der Waals surface area contributed by atoms with Crippen LogP contribution in [0.25, 0.3) is 44.2 Å². The fraction of sp³-hybridized carbons (Fsp3) is 0. The molecule has 7 aromatic rings. The van der Waals surface area contributed by atoms with Crippen LogP contribution in [0, 0.1) is 0 Å². The Hall–Kier alpha value is -5.22. The maximum atomic E-state index is 6.59. The van der Waals surface area contributed by atoms with Gasteiger partial charge in [0, 0.05) is 44.6 Å². The van der Waals surface area contributed by atoms with Gasteiger partial charge in [0.25, 0.3) is 0 Å². The molecule has 3 aliphatic heterocycles. The fourth-order valence-corrected chi connectivity index (χ4v) is 7.47. The summed E-state index contributed by atoms with van der Waals surface area (Å²) in [6.07, 6.45) is 0. The van der Waals surface area contributed by atoms with Crippen molar-refractivity contribution >= 4 is 68.1 Å². The topological polar surface area (TPSA) is 19.6 Å². The van der Waals surface area contributed by atoms with Crippen LogP contribution in [0.3, 0.4) is 0 Å². The molecule has 0 fully saturated rings. The van der Waals surface area contributed by atoms with Gasteiger partial charge in [-0.2, -0.15) is 0 Å². The Morgan fingerprint density at radius 2 is 0.925 bits per heavy atom. The van der Waals surface area contributed by atoms with Gasteiger partial charge in [-0.3, -0.25) is 0 Å². The molecule has 0 spiro atoms. The number of benzene rings is 6. The van der Waals surface area contributed by atoms with E-state index in [1.807, 2.05) is 6.07 Å². The molecule has 0 N–H and O–H groups in total. The Bertz CT molecular complexity index is 2110. The van der Waals surface area contributed by atoms with Gasteiger partial charge in [-0.15, -0.1) is 0 Å². The van der Waals surface area contributed by atoms with E-state index in [-0.39, 0.29) is 6.85 Å². The molecule has 40 heavy (non-hydrogen) atoms. The number of nitrogens with zero attached hydrogens (tertiary/aromatic N) is 2. The Kier molecular flexibility index (Phi) is 3.75. The highest BCUT2D eigenvalue weighted by molar-refractivity contribution is 6.95. The minimum absolute atomic E-state index is 0.0910. The number of anilines is 5. The zero-order valence-corrected chi connectivity index (χ0v) is 21.5. The van der Waals surface area contributed by atoms with E-state index in [2.05, 4.69) is 131 Å². The molecule has 0 unspecified atom stereocenters. The summed E-state index contributed by atoms with van der Waals surface area (Å²) in [7, 11) is 0. The average molecular weight is 508 g/mol. The molecule has 3 nitrogen and oxygen atoms in total. The molecule has 0 saturated carbocycles. The second-order valence-corrected chi connectivity index (χ2v) is 10.9. The molecule has 0 amide bonds. The van der Waals surface area contributed by atoms with Gasteiger partial charge in [-0.05, 0) is 58.5 Å². The molecule has 0 aliphatic carbocycles. The minimum Gasteiger partial charge on any atom is -0.454 e. The van der Waals surface area contributed by atoms with Gasteiger partial charge >= 0.3 is 6.85 Å². The second-order valence-electron chi connectivity index (χ2n) is 10.9. The van der Waals surface area contributed by atoms with Crippen molar-refractivity contribution < 1.29 is 4.42 Å². The monoisotopic (exact) mass is 508 g/mol. The first-order valence-electron chi connectivity index (χ1n) is 13.8. The fourth-order valence-electron chi connectivity index (χ4n) is 7.47. The van der Waals surface area contributed by atoms with Crippen LogP contribution in [-0.4, -0.2) is 6.85 Å². The third-order valence-electron chi connectivity index (χ3n) is 8.99. The average Bonchev–Trinajstić information content (AvgIpc) is 3.40. The molecule has 184 valence electrons. The van der Waals surface area contributed by atoms with Crippen molar-refractivity contribution in [3.8, 4) is 22.3 Å². The third-order valence-corrected chi connectivity index (χ3v) is 8.99. The second kappa shape index (κ2) is 7.25. The Morgan fingerprint density at radius 3 is 1.62 bits per heavy atom. The molecule has 4 heteroatoms. The highest BCUT2D eigenvalue weighted by Crippen LogP contribution is 2.52. The molecule has 0 radical (unpaired) electrons. The summed E-state index contributed by atoms with van der Waals surface area (Å²) in [6.45, 7) is 0.0910. The van der Waals surface area contributed by atoms with Crippen LogP contribution in [-0.2, 0) is 0 Å². The smallest absolute Gasteiger partial charge is 0.333 e. The summed E-state index contributed by atoms with van der Waals surface area (Å²) in [6, 6.07) is 46.2. The lowest BCUT2D eigenvalue weighted by atomic mass is 9.41. The number of hydrogen-bond donors (Lipinski definition) is 0. The normalized spacial score (nSPS) is 13.8.